The van der Waals surface area contributed by atoms with Crippen molar-refractivity contribution in [2.45, 2.75) is 18.9 Å². The Morgan fingerprint density at radius 3 is 2.69 bits per heavy atom. The Morgan fingerprint density at radius 1 is 1.54 bits per heavy atom. The molecule has 0 saturated carbocycles. The van der Waals surface area contributed by atoms with Gasteiger partial charge in [-0.25, -0.2) is 4.99 Å². The summed E-state index contributed by atoms with van der Waals surface area (Å²) in [6, 6.07) is -0.590. The van der Waals surface area contributed by atoms with Gasteiger partial charge < -0.3 is 11.5 Å². The summed E-state index contributed by atoms with van der Waals surface area (Å²) in [7, 11) is 1.43. The van der Waals surface area contributed by atoms with E-state index in [0.717, 1.165) is 4.90 Å². The highest BCUT2D eigenvalue weighted by molar-refractivity contribution is 6.00. The van der Waals surface area contributed by atoms with Crippen LogP contribution in [0.1, 0.15) is 12.8 Å². The highest BCUT2D eigenvalue weighted by atomic mass is 16.2. The third-order valence-electron chi connectivity index (χ3n) is 1.93. The molecule has 13 heavy (non-hydrogen) atoms. The van der Waals surface area contributed by atoms with Crippen LogP contribution in [0.25, 0.3) is 0 Å². The molecule has 0 aromatic rings. The SMILES string of the molecule is CN1C(=O)CCC(N=C(N)N)C1=O. The lowest BCUT2D eigenvalue weighted by atomic mass is 10.1. The molecule has 6 heteroatoms. The van der Waals surface area contributed by atoms with Crippen LogP contribution in [-0.2, 0) is 9.59 Å². The Kier molecular flexibility index (Phi) is 2.50. The number of rotatable bonds is 1. The molecule has 0 spiro atoms. The fourth-order valence-corrected chi connectivity index (χ4v) is 1.20. The second kappa shape index (κ2) is 3.42. The Balaban J connectivity index is 2.76. The summed E-state index contributed by atoms with van der Waals surface area (Å²) in [4.78, 5) is 27.2. The number of nitrogens with zero attached hydrogens (tertiary/aromatic N) is 2. The van der Waals surface area contributed by atoms with Crippen molar-refractivity contribution in [3.05, 3.63) is 0 Å². The number of nitrogens with two attached hydrogens (primary N) is 2. The number of hydrogen-bond donors (Lipinski definition) is 2. The van der Waals surface area contributed by atoms with Crippen molar-refractivity contribution >= 4 is 17.8 Å². The number of aliphatic imine (C=N–C) groups is 1. The summed E-state index contributed by atoms with van der Waals surface area (Å²) in [5.41, 5.74) is 10.3. The van der Waals surface area contributed by atoms with Gasteiger partial charge in [0.25, 0.3) is 5.91 Å². The van der Waals surface area contributed by atoms with Gasteiger partial charge in [0.05, 0.1) is 0 Å². The molecular weight excluding hydrogens is 172 g/mol. The zero-order chi connectivity index (χ0) is 10.0. The van der Waals surface area contributed by atoms with Gasteiger partial charge >= 0.3 is 0 Å². The normalized spacial score (nSPS) is 23.2. The van der Waals surface area contributed by atoms with E-state index in [0.29, 0.717) is 12.8 Å². The zero-order valence-corrected chi connectivity index (χ0v) is 7.36. The van der Waals surface area contributed by atoms with Crippen molar-refractivity contribution in [3.63, 3.8) is 0 Å². The molecule has 1 unspecified atom stereocenters. The number of likely N-dealkylation sites (tertiary alicyclic amines) is 1. The van der Waals surface area contributed by atoms with Crippen molar-refractivity contribution in [1.82, 2.24) is 4.90 Å². The van der Waals surface area contributed by atoms with Gasteiger partial charge in [-0.3, -0.25) is 14.5 Å². The smallest absolute Gasteiger partial charge is 0.253 e. The first kappa shape index (κ1) is 9.50. The molecule has 0 radical (unpaired) electrons. The van der Waals surface area contributed by atoms with Crippen LogP contribution in [0.5, 0.6) is 0 Å². The minimum atomic E-state index is -0.590. The molecular formula is C7H12N4O2. The number of amides is 2. The molecule has 1 atom stereocenters. The number of carbonyl (C=O) groups excluding carboxylic acids is 2. The molecule has 1 aliphatic heterocycles. The molecule has 0 aromatic heterocycles. The average Bonchev–Trinajstić information content (AvgIpc) is 2.06. The van der Waals surface area contributed by atoms with E-state index in [-0.39, 0.29) is 17.8 Å². The molecule has 1 aliphatic rings. The van der Waals surface area contributed by atoms with Gasteiger partial charge in [-0.1, -0.05) is 0 Å². The molecule has 1 heterocycles. The minimum absolute atomic E-state index is 0.124. The number of guanidine groups is 1. The van der Waals surface area contributed by atoms with Crippen LogP contribution in [0, 0.1) is 0 Å². The Hall–Kier alpha value is -1.59. The highest BCUT2D eigenvalue weighted by Crippen LogP contribution is 2.13. The van der Waals surface area contributed by atoms with E-state index in [1.165, 1.54) is 7.05 Å². The van der Waals surface area contributed by atoms with Gasteiger partial charge in [-0.15, -0.1) is 0 Å². The maximum Gasteiger partial charge on any atom is 0.253 e. The lowest BCUT2D eigenvalue weighted by Gasteiger charge is -2.24. The highest BCUT2D eigenvalue weighted by Gasteiger charge is 2.31. The van der Waals surface area contributed by atoms with Crippen molar-refractivity contribution in [2.24, 2.45) is 16.5 Å². The van der Waals surface area contributed by atoms with Crippen LogP contribution >= 0.6 is 0 Å². The molecule has 1 rings (SSSR count). The van der Waals surface area contributed by atoms with Gasteiger partial charge in [0.1, 0.15) is 6.04 Å². The number of carbonyl (C=O) groups is 2. The Labute approximate surface area is 75.6 Å². The number of imide groups is 1. The summed E-state index contributed by atoms with van der Waals surface area (Å²) >= 11 is 0. The predicted molar refractivity (Wildman–Crippen MR) is 46.6 cm³/mol. The number of likely N-dealkylation sites (N-methyl/N-ethyl adjacent to an activating group) is 1. The lowest BCUT2D eigenvalue weighted by molar-refractivity contribution is -0.147. The summed E-state index contributed by atoms with van der Waals surface area (Å²) in [5.74, 6) is -0.655. The quantitative estimate of drug-likeness (QED) is 0.291. The topological polar surface area (TPSA) is 102 Å². The van der Waals surface area contributed by atoms with E-state index >= 15 is 0 Å². The first-order chi connectivity index (χ1) is 6.02. The number of hydrogen-bond acceptors (Lipinski definition) is 3. The molecule has 1 fully saturated rings. The maximum absolute atomic E-state index is 11.4. The first-order valence-corrected chi connectivity index (χ1v) is 3.91. The molecule has 0 aliphatic carbocycles. The van der Waals surface area contributed by atoms with Gasteiger partial charge in [0, 0.05) is 13.5 Å². The summed E-state index contributed by atoms with van der Waals surface area (Å²) < 4.78 is 0. The summed E-state index contributed by atoms with van der Waals surface area (Å²) in [6.07, 6.45) is 0.698. The van der Waals surface area contributed by atoms with Gasteiger partial charge in [0.2, 0.25) is 5.91 Å². The van der Waals surface area contributed by atoms with Gasteiger partial charge in [-0.2, -0.15) is 0 Å². The zero-order valence-electron chi connectivity index (χ0n) is 7.36. The third-order valence-corrected chi connectivity index (χ3v) is 1.93. The molecule has 0 bridgehead atoms. The largest absolute Gasteiger partial charge is 0.370 e. The van der Waals surface area contributed by atoms with E-state index < -0.39 is 6.04 Å². The van der Waals surface area contributed by atoms with Crippen LogP contribution < -0.4 is 11.5 Å². The first-order valence-electron chi connectivity index (χ1n) is 3.91. The van der Waals surface area contributed by atoms with Gasteiger partial charge in [-0.05, 0) is 6.42 Å². The van der Waals surface area contributed by atoms with E-state index in [1.54, 1.807) is 0 Å². The minimum Gasteiger partial charge on any atom is -0.370 e. The fourth-order valence-electron chi connectivity index (χ4n) is 1.20. The van der Waals surface area contributed by atoms with Crippen LogP contribution in [0.4, 0.5) is 0 Å². The van der Waals surface area contributed by atoms with E-state index in [1.807, 2.05) is 0 Å². The third kappa shape index (κ3) is 1.95. The van der Waals surface area contributed by atoms with Crippen LogP contribution in [0.3, 0.4) is 0 Å². The van der Waals surface area contributed by atoms with Crippen molar-refractivity contribution < 1.29 is 9.59 Å². The molecule has 72 valence electrons. The van der Waals surface area contributed by atoms with Crippen LogP contribution in [-0.4, -0.2) is 35.8 Å². The van der Waals surface area contributed by atoms with E-state index in [4.69, 9.17) is 11.5 Å². The second-order valence-electron chi connectivity index (χ2n) is 2.90. The van der Waals surface area contributed by atoms with Crippen molar-refractivity contribution in [2.75, 3.05) is 7.05 Å². The molecule has 1 saturated heterocycles. The predicted octanol–water partition coefficient (Wildman–Crippen LogP) is -1.59. The van der Waals surface area contributed by atoms with E-state index in [2.05, 4.69) is 4.99 Å². The van der Waals surface area contributed by atoms with Crippen molar-refractivity contribution in [1.29, 1.82) is 0 Å². The van der Waals surface area contributed by atoms with E-state index in [9.17, 15) is 9.59 Å². The van der Waals surface area contributed by atoms with Crippen LogP contribution in [0.2, 0.25) is 0 Å². The van der Waals surface area contributed by atoms with Crippen LogP contribution in [0.15, 0.2) is 4.99 Å². The summed E-state index contributed by atoms with van der Waals surface area (Å²) in [5, 5.41) is 0. The Morgan fingerprint density at radius 2 is 2.15 bits per heavy atom. The molecule has 4 N–H and O–H groups in total. The standard InChI is InChI=1S/C7H12N4O2/c1-11-5(12)3-2-4(6(11)13)10-7(8)9/h4H,2-3H2,1H3,(H4,8,9,10). The lowest BCUT2D eigenvalue weighted by Crippen LogP contribution is -2.45. The second-order valence-corrected chi connectivity index (χ2v) is 2.90. The molecule has 2 amide bonds. The average molecular weight is 184 g/mol. The molecule has 6 nitrogen and oxygen atoms in total. The Bertz CT molecular complexity index is 270. The molecule has 0 aromatic carbocycles. The van der Waals surface area contributed by atoms with Gasteiger partial charge in [0.15, 0.2) is 5.96 Å². The monoisotopic (exact) mass is 184 g/mol. The maximum atomic E-state index is 11.4. The van der Waals surface area contributed by atoms with Crippen molar-refractivity contribution in [3.8, 4) is 0 Å². The summed E-state index contributed by atoms with van der Waals surface area (Å²) in [6.45, 7) is 0. The fraction of sp³-hybridized carbons (Fsp3) is 0.571. The number of piperidine rings is 1.